The van der Waals surface area contributed by atoms with Crippen molar-refractivity contribution in [1.82, 2.24) is 5.32 Å². The Balaban J connectivity index is 2.00. The molecule has 0 aromatic heterocycles. The smallest absolute Gasteiger partial charge is 0.339 e. The summed E-state index contributed by atoms with van der Waals surface area (Å²) in [5.74, 6) is -8.08. The van der Waals surface area contributed by atoms with E-state index in [2.05, 4.69) is 5.32 Å². The van der Waals surface area contributed by atoms with Crippen LogP contribution in [0.3, 0.4) is 0 Å². The fourth-order valence-electron chi connectivity index (χ4n) is 3.77. The Morgan fingerprint density at radius 2 is 1.77 bits per heavy atom. The van der Waals surface area contributed by atoms with Crippen LogP contribution in [0.1, 0.15) is 59.6 Å². The second-order valence-corrected chi connectivity index (χ2v) is 7.43. The number of hydrogen-bond donors (Lipinski definition) is 2. The molecular weight excluding hydrogens is 399 g/mol. The molecule has 2 aromatic carbocycles. The third-order valence-corrected chi connectivity index (χ3v) is 5.41. The van der Waals surface area contributed by atoms with Crippen molar-refractivity contribution in [2.75, 3.05) is 0 Å². The zero-order valence-corrected chi connectivity index (χ0v) is 16.1. The van der Waals surface area contributed by atoms with E-state index in [0.29, 0.717) is 17.7 Å². The molecule has 1 amide bonds. The molecule has 0 radical (unpaired) electrons. The number of Topliss-reactive ketones (excluding diaryl/α,β-unsaturated/α-hetero) is 1. The molecule has 0 bridgehead atoms. The van der Waals surface area contributed by atoms with Crippen molar-refractivity contribution in [3.63, 3.8) is 0 Å². The number of benzene rings is 2. The summed E-state index contributed by atoms with van der Waals surface area (Å²) in [6, 6.07) is 6.11. The van der Waals surface area contributed by atoms with Crippen LogP contribution in [0.15, 0.2) is 36.4 Å². The predicted octanol–water partition coefficient (Wildman–Crippen LogP) is 4.13. The first-order valence-corrected chi connectivity index (χ1v) is 9.47. The second kappa shape index (κ2) is 8.69. The molecule has 1 aliphatic rings. The first-order valence-electron chi connectivity index (χ1n) is 9.47. The van der Waals surface area contributed by atoms with Crippen LogP contribution in [0.5, 0.6) is 0 Å². The first kappa shape index (κ1) is 21.5. The van der Waals surface area contributed by atoms with Gasteiger partial charge in [0.1, 0.15) is 29.2 Å². The van der Waals surface area contributed by atoms with E-state index in [0.717, 1.165) is 26.2 Å². The predicted molar refractivity (Wildman–Crippen MR) is 101 cm³/mol. The summed E-state index contributed by atoms with van der Waals surface area (Å²) >= 11 is 0. The highest BCUT2D eigenvalue weighted by molar-refractivity contribution is 6.08. The van der Waals surface area contributed by atoms with Crippen molar-refractivity contribution in [2.24, 2.45) is 5.92 Å². The monoisotopic (exact) mass is 419 g/mol. The number of carbonyl (C=O) groups excluding carboxylic acids is 2. The van der Waals surface area contributed by atoms with E-state index >= 15 is 0 Å². The van der Waals surface area contributed by atoms with Gasteiger partial charge in [-0.2, -0.15) is 0 Å². The van der Waals surface area contributed by atoms with Crippen LogP contribution in [-0.4, -0.2) is 22.8 Å². The SMILES string of the molecule is CC(=O)C(C(=O)NC(c1cccc(F)c1)C1CCC1)c1cc(F)cc(F)c1C(=O)O. The lowest BCUT2D eigenvalue weighted by molar-refractivity contribution is -0.130. The largest absolute Gasteiger partial charge is 0.478 e. The van der Waals surface area contributed by atoms with E-state index < -0.39 is 58.2 Å². The number of aromatic carboxylic acids is 1. The number of carboxylic acids is 1. The van der Waals surface area contributed by atoms with Gasteiger partial charge in [-0.25, -0.2) is 18.0 Å². The molecule has 30 heavy (non-hydrogen) atoms. The minimum atomic E-state index is -1.72. The van der Waals surface area contributed by atoms with Crippen LogP contribution < -0.4 is 5.32 Å². The summed E-state index contributed by atoms with van der Waals surface area (Å²) in [4.78, 5) is 36.8. The van der Waals surface area contributed by atoms with Gasteiger partial charge >= 0.3 is 5.97 Å². The Hall–Kier alpha value is -3.16. The molecule has 0 aliphatic heterocycles. The van der Waals surface area contributed by atoms with Gasteiger partial charge in [0.2, 0.25) is 5.91 Å². The van der Waals surface area contributed by atoms with Crippen molar-refractivity contribution >= 4 is 17.7 Å². The second-order valence-electron chi connectivity index (χ2n) is 7.43. The van der Waals surface area contributed by atoms with Crippen LogP contribution in [0, 0.1) is 23.4 Å². The van der Waals surface area contributed by atoms with Crippen LogP contribution in [0.25, 0.3) is 0 Å². The van der Waals surface area contributed by atoms with Gasteiger partial charge in [-0.1, -0.05) is 18.6 Å². The topological polar surface area (TPSA) is 83.5 Å². The number of carboxylic acid groups (broad SMARTS) is 1. The van der Waals surface area contributed by atoms with Gasteiger partial charge in [-0.15, -0.1) is 0 Å². The maximum Gasteiger partial charge on any atom is 0.339 e. The normalized spacial score (nSPS) is 15.7. The van der Waals surface area contributed by atoms with E-state index in [1.165, 1.54) is 18.2 Å². The molecule has 3 rings (SSSR count). The van der Waals surface area contributed by atoms with Crippen LogP contribution in [-0.2, 0) is 9.59 Å². The maximum absolute atomic E-state index is 14.1. The highest BCUT2D eigenvalue weighted by atomic mass is 19.1. The standard InChI is InChI=1S/C22H20F3NO4/c1-11(27)18(16-9-15(24)10-17(25)19(16)22(29)30)21(28)26-20(12-4-2-5-12)13-6-3-7-14(23)8-13/h3,6-10,12,18,20H,2,4-5H2,1H3,(H,26,28)(H,29,30). The molecule has 5 nitrogen and oxygen atoms in total. The number of hydrogen-bond acceptors (Lipinski definition) is 3. The van der Waals surface area contributed by atoms with Gasteiger partial charge < -0.3 is 10.4 Å². The quantitative estimate of drug-likeness (QED) is 0.661. The molecule has 1 fully saturated rings. The number of halogens is 3. The Morgan fingerprint density at radius 3 is 2.30 bits per heavy atom. The molecule has 2 N–H and O–H groups in total. The van der Waals surface area contributed by atoms with Crippen LogP contribution in [0.4, 0.5) is 13.2 Å². The van der Waals surface area contributed by atoms with Crippen LogP contribution in [0.2, 0.25) is 0 Å². The van der Waals surface area contributed by atoms with Gasteiger partial charge in [0, 0.05) is 6.07 Å². The van der Waals surface area contributed by atoms with Gasteiger partial charge in [0.25, 0.3) is 0 Å². The fourth-order valence-corrected chi connectivity index (χ4v) is 3.77. The zero-order chi connectivity index (χ0) is 22.0. The number of rotatable bonds is 7. The number of nitrogens with one attached hydrogen (secondary N) is 1. The van der Waals surface area contributed by atoms with E-state index in [1.54, 1.807) is 6.07 Å². The molecule has 1 saturated carbocycles. The van der Waals surface area contributed by atoms with E-state index in [1.807, 2.05) is 0 Å². The molecule has 2 unspecified atom stereocenters. The summed E-state index contributed by atoms with van der Waals surface area (Å²) in [5, 5.41) is 12.0. The highest BCUT2D eigenvalue weighted by Crippen LogP contribution is 2.38. The Kier molecular flexibility index (Phi) is 6.24. The summed E-state index contributed by atoms with van der Waals surface area (Å²) in [7, 11) is 0. The summed E-state index contributed by atoms with van der Waals surface area (Å²) in [5.41, 5.74) is -0.992. The number of amides is 1. The van der Waals surface area contributed by atoms with Crippen molar-refractivity contribution in [3.8, 4) is 0 Å². The lowest BCUT2D eigenvalue weighted by Crippen LogP contribution is -2.41. The van der Waals surface area contributed by atoms with E-state index in [-0.39, 0.29) is 5.92 Å². The van der Waals surface area contributed by atoms with Gasteiger partial charge in [0.05, 0.1) is 11.6 Å². The van der Waals surface area contributed by atoms with Gasteiger partial charge in [0.15, 0.2) is 0 Å². The Morgan fingerprint density at radius 1 is 1.07 bits per heavy atom. The summed E-state index contributed by atoms with van der Waals surface area (Å²) in [6.07, 6.45) is 2.49. The van der Waals surface area contributed by atoms with Crippen molar-refractivity contribution in [2.45, 2.75) is 38.1 Å². The Bertz CT molecular complexity index is 1000. The third kappa shape index (κ3) is 4.37. The first-order chi connectivity index (χ1) is 14.2. The zero-order valence-electron chi connectivity index (χ0n) is 16.1. The average molecular weight is 419 g/mol. The van der Waals surface area contributed by atoms with Gasteiger partial charge in [-0.05, 0) is 55.0 Å². The summed E-state index contributed by atoms with van der Waals surface area (Å²) < 4.78 is 41.6. The molecular formula is C22H20F3NO4. The molecule has 2 atom stereocenters. The van der Waals surface area contributed by atoms with Gasteiger partial charge in [-0.3, -0.25) is 9.59 Å². The average Bonchev–Trinajstić information content (AvgIpc) is 2.58. The molecule has 158 valence electrons. The fraction of sp³-hybridized carbons (Fsp3) is 0.318. The molecule has 8 heteroatoms. The molecule has 1 aliphatic carbocycles. The highest BCUT2D eigenvalue weighted by Gasteiger charge is 2.36. The van der Waals surface area contributed by atoms with Crippen molar-refractivity contribution in [3.05, 3.63) is 70.5 Å². The maximum atomic E-state index is 14.1. The number of ketones is 1. The third-order valence-electron chi connectivity index (χ3n) is 5.41. The molecule has 0 heterocycles. The van der Waals surface area contributed by atoms with E-state index in [4.69, 9.17) is 0 Å². The minimum Gasteiger partial charge on any atom is -0.478 e. The molecule has 0 spiro atoms. The van der Waals surface area contributed by atoms with Crippen molar-refractivity contribution < 1.29 is 32.7 Å². The molecule has 0 saturated heterocycles. The Labute approximate surface area is 170 Å². The van der Waals surface area contributed by atoms with Crippen LogP contribution >= 0.6 is 0 Å². The molecule has 2 aromatic rings. The van der Waals surface area contributed by atoms with Crippen molar-refractivity contribution in [1.29, 1.82) is 0 Å². The van der Waals surface area contributed by atoms with E-state index in [9.17, 15) is 32.7 Å². The number of carbonyl (C=O) groups is 3. The lowest BCUT2D eigenvalue weighted by Gasteiger charge is -2.35. The summed E-state index contributed by atoms with van der Waals surface area (Å²) in [6.45, 7) is 1.04. The lowest BCUT2D eigenvalue weighted by atomic mass is 9.76. The minimum absolute atomic E-state index is 0.00606.